The van der Waals surface area contributed by atoms with Crippen LogP contribution < -0.4 is 10.2 Å². The summed E-state index contributed by atoms with van der Waals surface area (Å²) in [6, 6.07) is 7.89. The SMILES string of the molecule is CN1CCC(Nc2ccc(N3CCC(C(F)(F)F)CC3)cc2)CC1=O. The molecule has 3 rings (SSSR count). The molecule has 2 aliphatic heterocycles. The molecule has 0 radical (unpaired) electrons. The van der Waals surface area contributed by atoms with Crippen molar-refractivity contribution < 1.29 is 18.0 Å². The summed E-state index contributed by atoms with van der Waals surface area (Å²) in [7, 11) is 1.81. The first-order valence-corrected chi connectivity index (χ1v) is 8.75. The summed E-state index contributed by atoms with van der Waals surface area (Å²) in [4.78, 5) is 15.5. The molecule has 0 spiro atoms. The van der Waals surface area contributed by atoms with E-state index in [1.807, 2.05) is 36.2 Å². The van der Waals surface area contributed by atoms with Crippen LogP contribution in [0.4, 0.5) is 24.5 Å². The lowest BCUT2D eigenvalue weighted by Crippen LogP contribution is -2.41. The fourth-order valence-electron chi connectivity index (χ4n) is 3.54. The standard InChI is InChI=1S/C18H24F3N3O/c1-23-9-8-15(12-17(23)25)22-14-2-4-16(5-3-14)24-10-6-13(7-11-24)18(19,20)21/h2-5,13,15,22H,6-12H2,1H3. The van der Waals surface area contributed by atoms with Crippen molar-refractivity contribution in [1.82, 2.24) is 4.90 Å². The van der Waals surface area contributed by atoms with E-state index in [0.29, 0.717) is 19.5 Å². The molecule has 2 saturated heterocycles. The molecule has 1 amide bonds. The van der Waals surface area contributed by atoms with Gasteiger partial charge in [0.05, 0.1) is 5.92 Å². The van der Waals surface area contributed by atoms with Crippen LogP contribution in [0, 0.1) is 5.92 Å². The van der Waals surface area contributed by atoms with Crippen LogP contribution in [0.3, 0.4) is 0 Å². The Morgan fingerprint density at radius 3 is 2.24 bits per heavy atom. The first kappa shape index (κ1) is 17.9. The maximum Gasteiger partial charge on any atom is 0.391 e. The molecule has 0 saturated carbocycles. The highest BCUT2D eigenvalue weighted by molar-refractivity contribution is 5.78. The van der Waals surface area contributed by atoms with Gasteiger partial charge in [-0.25, -0.2) is 0 Å². The molecule has 7 heteroatoms. The number of alkyl halides is 3. The number of carbonyl (C=O) groups is 1. The Balaban J connectivity index is 1.54. The Morgan fingerprint density at radius 2 is 1.68 bits per heavy atom. The minimum Gasteiger partial charge on any atom is -0.382 e. The summed E-state index contributed by atoms with van der Waals surface area (Å²) in [5, 5.41) is 3.37. The predicted molar refractivity (Wildman–Crippen MR) is 91.7 cm³/mol. The Hall–Kier alpha value is -1.92. The van der Waals surface area contributed by atoms with E-state index in [0.717, 1.165) is 24.3 Å². The molecular formula is C18H24F3N3O. The molecule has 1 aromatic rings. The molecule has 0 bridgehead atoms. The van der Waals surface area contributed by atoms with Gasteiger partial charge in [-0.3, -0.25) is 4.79 Å². The van der Waals surface area contributed by atoms with Crippen LogP contribution in [0.25, 0.3) is 0 Å². The number of hydrogen-bond donors (Lipinski definition) is 1. The minimum atomic E-state index is -4.08. The molecule has 2 heterocycles. The highest BCUT2D eigenvalue weighted by Gasteiger charge is 2.41. The highest BCUT2D eigenvalue weighted by atomic mass is 19.4. The second-order valence-corrected chi connectivity index (χ2v) is 7.00. The number of hydrogen-bond acceptors (Lipinski definition) is 3. The number of rotatable bonds is 3. The average Bonchev–Trinajstić information content (AvgIpc) is 2.58. The Bertz CT molecular complexity index is 595. The van der Waals surface area contributed by atoms with Gasteiger partial charge in [0.15, 0.2) is 0 Å². The van der Waals surface area contributed by atoms with E-state index in [1.165, 1.54) is 0 Å². The molecule has 4 nitrogen and oxygen atoms in total. The summed E-state index contributed by atoms with van der Waals surface area (Å²) in [6.45, 7) is 1.61. The van der Waals surface area contributed by atoms with Gasteiger partial charge in [-0.15, -0.1) is 0 Å². The Labute approximate surface area is 146 Å². The molecule has 25 heavy (non-hydrogen) atoms. The van der Waals surface area contributed by atoms with Gasteiger partial charge < -0.3 is 15.1 Å². The lowest BCUT2D eigenvalue weighted by molar-refractivity contribution is -0.179. The molecule has 0 aliphatic carbocycles. The number of benzene rings is 1. The second kappa shape index (κ2) is 7.14. The molecule has 1 atom stereocenters. The van der Waals surface area contributed by atoms with Crippen molar-refractivity contribution in [3.05, 3.63) is 24.3 Å². The molecule has 138 valence electrons. The number of halogens is 3. The zero-order valence-corrected chi connectivity index (χ0v) is 14.4. The van der Waals surface area contributed by atoms with Gasteiger partial charge in [-0.1, -0.05) is 0 Å². The quantitative estimate of drug-likeness (QED) is 0.901. The van der Waals surface area contributed by atoms with Crippen LogP contribution in [-0.4, -0.2) is 49.7 Å². The second-order valence-electron chi connectivity index (χ2n) is 7.00. The largest absolute Gasteiger partial charge is 0.391 e. The third-order valence-corrected chi connectivity index (χ3v) is 5.22. The van der Waals surface area contributed by atoms with Crippen molar-refractivity contribution in [3.8, 4) is 0 Å². The predicted octanol–water partition coefficient (Wildman–Crippen LogP) is 3.50. The third-order valence-electron chi connectivity index (χ3n) is 5.22. The maximum atomic E-state index is 12.7. The smallest absolute Gasteiger partial charge is 0.382 e. The van der Waals surface area contributed by atoms with Crippen molar-refractivity contribution in [2.45, 2.75) is 37.9 Å². The summed E-state index contributed by atoms with van der Waals surface area (Å²) in [5.41, 5.74) is 1.89. The lowest BCUT2D eigenvalue weighted by Gasteiger charge is -2.34. The van der Waals surface area contributed by atoms with Crippen LogP contribution in [-0.2, 0) is 4.79 Å². The Kier molecular flexibility index (Phi) is 5.11. The highest BCUT2D eigenvalue weighted by Crippen LogP contribution is 2.35. The van der Waals surface area contributed by atoms with E-state index in [-0.39, 0.29) is 24.8 Å². The third kappa shape index (κ3) is 4.38. The number of piperidine rings is 2. The monoisotopic (exact) mass is 355 g/mol. The first-order valence-electron chi connectivity index (χ1n) is 8.75. The fourth-order valence-corrected chi connectivity index (χ4v) is 3.54. The molecule has 1 unspecified atom stereocenters. The van der Waals surface area contributed by atoms with Gasteiger partial charge in [0, 0.05) is 50.5 Å². The average molecular weight is 355 g/mol. The number of carbonyl (C=O) groups excluding carboxylic acids is 1. The molecule has 1 N–H and O–H groups in total. The van der Waals surface area contributed by atoms with Crippen LogP contribution in [0.5, 0.6) is 0 Å². The Morgan fingerprint density at radius 1 is 1.04 bits per heavy atom. The van der Waals surface area contributed by atoms with E-state index < -0.39 is 12.1 Å². The number of anilines is 2. The topological polar surface area (TPSA) is 35.6 Å². The molecule has 2 fully saturated rings. The van der Waals surface area contributed by atoms with Crippen molar-refractivity contribution in [1.29, 1.82) is 0 Å². The summed E-state index contributed by atoms with van der Waals surface area (Å²) in [5.74, 6) is -1.03. The van der Waals surface area contributed by atoms with Crippen molar-refractivity contribution in [3.63, 3.8) is 0 Å². The zero-order chi connectivity index (χ0) is 18.0. The van der Waals surface area contributed by atoms with Gasteiger partial charge in [0.1, 0.15) is 0 Å². The number of amides is 1. The number of nitrogens with zero attached hydrogens (tertiary/aromatic N) is 2. The summed E-state index contributed by atoms with van der Waals surface area (Å²) < 4.78 is 38.2. The number of likely N-dealkylation sites (tertiary alicyclic amines) is 1. The molecule has 1 aromatic carbocycles. The molecule has 2 aliphatic rings. The molecular weight excluding hydrogens is 331 g/mol. The zero-order valence-electron chi connectivity index (χ0n) is 14.4. The molecule has 0 aromatic heterocycles. The van der Waals surface area contributed by atoms with Crippen LogP contribution in [0.2, 0.25) is 0 Å². The lowest BCUT2D eigenvalue weighted by atomic mass is 9.96. The van der Waals surface area contributed by atoms with E-state index in [1.54, 1.807) is 4.90 Å². The maximum absolute atomic E-state index is 12.7. The van der Waals surface area contributed by atoms with Gasteiger partial charge in [-0.05, 0) is 43.5 Å². The normalized spacial score (nSPS) is 23.0. The number of nitrogens with one attached hydrogen (secondary N) is 1. The van der Waals surface area contributed by atoms with Gasteiger partial charge >= 0.3 is 6.18 Å². The van der Waals surface area contributed by atoms with Crippen LogP contribution in [0.1, 0.15) is 25.7 Å². The van der Waals surface area contributed by atoms with Crippen LogP contribution in [0.15, 0.2) is 24.3 Å². The fraction of sp³-hybridized carbons (Fsp3) is 0.611. The minimum absolute atomic E-state index is 0.136. The van der Waals surface area contributed by atoms with E-state index in [2.05, 4.69) is 5.32 Å². The van der Waals surface area contributed by atoms with Gasteiger partial charge in [-0.2, -0.15) is 13.2 Å². The summed E-state index contributed by atoms with van der Waals surface area (Å²) in [6.07, 6.45) is -2.37. The van der Waals surface area contributed by atoms with Crippen LogP contribution >= 0.6 is 0 Å². The first-order chi connectivity index (χ1) is 11.8. The van der Waals surface area contributed by atoms with E-state index in [9.17, 15) is 18.0 Å². The van der Waals surface area contributed by atoms with E-state index >= 15 is 0 Å². The van der Waals surface area contributed by atoms with Crippen molar-refractivity contribution in [2.24, 2.45) is 5.92 Å². The van der Waals surface area contributed by atoms with Gasteiger partial charge in [0.2, 0.25) is 5.91 Å². The van der Waals surface area contributed by atoms with Gasteiger partial charge in [0.25, 0.3) is 0 Å². The van der Waals surface area contributed by atoms with Crippen molar-refractivity contribution in [2.75, 3.05) is 36.9 Å². The summed E-state index contributed by atoms with van der Waals surface area (Å²) >= 11 is 0. The van der Waals surface area contributed by atoms with Crippen molar-refractivity contribution >= 4 is 17.3 Å². The van der Waals surface area contributed by atoms with E-state index in [4.69, 9.17) is 0 Å².